The maximum absolute atomic E-state index is 12.7. The van der Waals surface area contributed by atoms with Gasteiger partial charge in [0.05, 0.1) is 11.4 Å². The van der Waals surface area contributed by atoms with Crippen molar-refractivity contribution in [1.29, 1.82) is 0 Å². The van der Waals surface area contributed by atoms with E-state index in [0.29, 0.717) is 27.2 Å². The van der Waals surface area contributed by atoms with E-state index >= 15 is 0 Å². The van der Waals surface area contributed by atoms with Crippen molar-refractivity contribution in [2.45, 2.75) is 13.0 Å². The third kappa shape index (κ3) is 3.47. The molecule has 7 heteroatoms. The second kappa shape index (κ2) is 6.71. The maximum Gasteiger partial charge on any atom is 0.268 e. The first-order valence-corrected chi connectivity index (χ1v) is 8.02. The van der Waals surface area contributed by atoms with Crippen molar-refractivity contribution in [3.05, 3.63) is 52.5 Å². The van der Waals surface area contributed by atoms with Gasteiger partial charge in [-0.2, -0.15) is 0 Å². The number of benzene rings is 2. The molecule has 2 amide bonds. The fourth-order valence-corrected chi connectivity index (χ4v) is 3.01. The number of halogens is 2. The number of anilines is 2. The van der Waals surface area contributed by atoms with Crippen molar-refractivity contribution in [3.63, 3.8) is 0 Å². The average Bonchev–Trinajstić information content (AvgIpc) is 2.52. The lowest BCUT2D eigenvalue weighted by molar-refractivity contribution is -0.126. The molecule has 1 heterocycles. The van der Waals surface area contributed by atoms with Crippen molar-refractivity contribution in [1.82, 2.24) is 0 Å². The van der Waals surface area contributed by atoms with E-state index in [-0.39, 0.29) is 18.4 Å². The molecule has 0 unspecified atom stereocenters. The number of carbonyl (C=O) groups excluding carboxylic acids is 2. The Bertz CT molecular complexity index is 790. The minimum absolute atomic E-state index is 0.0557. The van der Waals surface area contributed by atoms with E-state index in [1.807, 2.05) is 0 Å². The molecule has 124 valence electrons. The molecule has 1 aliphatic rings. The zero-order valence-electron chi connectivity index (χ0n) is 12.8. The fraction of sp³-hybridized carbons (Fsp3) is 0.176. The van der Waals surface area contributed by atoms with E-state index in [1.54, 1.807) is 49.4 Å². The van der Waals surface area contributed by atoms with Crippen LogP contribution in [0.4, 0.5) is 11.4 Å². The van der Waals surface area contributed by atoms with Crippen molar-refractivity contribution in [3.8, 4) is 5.75 Å². The molecule has 1 atom stereocenters. The third-order valence-electron chi connectivity index (χ3n) is 3.53. The summed E-state index contributed by atoms with van der Waals surface area (Å²) >= 11 is 11.9. The molecule has 0 bridgehead atoms. The number of rotatable bonds is 3. The normalized spacial score (nSPS) is 14.6. The Morgan fingerprint density at radius 1 is 1.21 bits per heavy atom. The summed E-state index contributed by atoms with van der Waals surface area (Å²) in [6.45, 7) is 1.56. The molecule has 0 aliphatic carbocycles. The Hall–Kier alpha value is -2.24. The van der Waals surface area contributed by atoms with Gasteiger partial charge in [0.2, 0.25) is 5.91 Å². The lowest BCUT2D eigenvalue weighted by Gasteiger charge is -2.31. The Labute approximate surface area is 149 Å². The SMILES string of the molecule is C[C@@H](Oc1cc(Cl)cc(Cl)c1)C(=O)N1CC(=O)Nc2ccccc21. The van der Waals surface area contributed by atoms with Gasteiger partial charge in [-0.15, -0.1) is 0 Å². The largest absolute Gasteiger partial charge is 0.481 e. The zero-order chi connectivity index (χ0) is 17.3. The number of ether oxygens (including phenoxy) is 1. The highest BCUT2D eigenvalue weighted by molar-refractivity contribution is 6.34. The van der Waals surface area contributed by atoms with Crippen LogP contribution >= 0.6 is 23.2 Å². The number of hydrogen-bond acceptors (Lipinski definition) is 3. The summed E-state index contributed by atoms with van der Waals surface area (Å²) in [5.41, 5.74) is 1.24. The first kappa shape index (κ1) is 16.6. The van der Waals surface area contributed by atoms with Crippen molar-refractivity contribution in [2.24, 2.45) is 0 Å². The molecular formula is C17H14Cl2N2O3. The molecule has 1 N–H and O–H groups in total. The van der Waals surface area contributed by atoms with Crippen LogP contribution in [0.15, 0.2) is 42.5 Å². The van der Waals surface area contributed by atoms with Crippen LogP contribution in [-0.2, 0) is 9.59 Å². The molecule has 0 fully saturated rings. The highest BCUT2D eigenvalue weighted by Crippen LogP contribution is 2.30. The van der Waals surface area contributed by atoms with Gasteiger partial charge in [0, 0.05) is 10.0 Å². The van der Waals surface area contributed by atoms with Crippen LogP contribution in [0.2, 0.25) is 10.0 Å². The lowest BCUT2D eigenvalue weighted by Crippen LogP contribution is -2.47. The van der Waals surface area contributed by atoms with Gasteiger partial charge in [-0.3, -0.25) is 14.5 Å². The monoisotopic (exact) mass is 364 g/mol. The van der Waals surface area contributed by atoms with E-state index in [4.69, 9.17) is 27.9 Å². The molecule has 3 rings (SSSR count). The number of carbonyl (C=O) groups is 2. The Morgan fingerprint density at radius 2 is 1.88 bits per heavy atom. The minimum atomic E-state index is -0.807. The summed E-state index contributed by atoms with van der Waals surface area (Å²) in [5.74, 6) is -0.184. The predicted octanol–water partition coefficient (Wildman–Crippen LogP) is 3.75. The van der Waals surface area contributed by atoms with Crippen molar-refractivity contribution < 1.29 is 14.3 Å². The number of nitrogens with one attached hydrogen (secondary N) is 1. The maximum atomic E-state index is 12.7. The second-order valence-corrected chi connectivity index (χ2v) is 6.23. The summed E-state index contributed by atoms with van der Waals surface area (Å²) in [5, 5.41) is 3.57. The molecule has 0 saturated carbocycles. The van der Waals surface area contributed by atoms with E-state index in [2.05, 4.69) is 5.32 Å². The Morgan fingerprint density at radius 3 is 2.58 bits per heavy atom. The predicted molar refractivity (Wildman–Crippen MR) is 94.0 cm³/mol. The first-order valence-electron chi connectivity index (χ1n) is 7.27. The molecule has 0 saturated heterocycles. The number of fused-ring (bicyclic) bond motifs is 1. The summed E-state index contributed by atoms with van der Waals surface area (Å²) in [7, 11) is 0. The lowest BCUT2D eigenvalue weighted by atomic mass is 10.1. The van der Waals surface area contributed by atoms with Crippen LogP contribution in [0.3, 0.4) is 0 Å². The number of para-hydroxylation sites is 2. The van der Waals surface area contributed by atoms with Crippen LogP contribution in [-0.4, -0.2) is 24.5 Å². The number of amides is 2. The van der Waals surface area contributed by atoms with Crippen LogP contribution in [0.1, 0.15) is 6.92 Å². The third-order valence-corrected chi connectivity index (χ3v) is 3.97. The molecule has 0 radical (unpaired) electrons. The summed E-state index contributed by atoms with van der Waals surface area (Å²) in [6, 6.07) is 11.8. The van der Waals surface area contributed by atoms with Gasteiger partial charge in [-0.25, -0.2) is 0 Å². The first-order chi connectivity index (χ1) is 11.4. The van der Waals surface area contributed by atoms with Gasteiger partial charge in [0.15, 0.2) is 6.10 Å². The molecular weight excluding hydrogens is 351 g/mol. The highest BCUT2D eigenvalue weighted by atomic mass is 35.5. The zero-order valence-corrected chi connectivity index (χ0v) is 14.3. The fourth-order valence-electron chi connectivity index (χ4n) is 2.50. The molecule has 1 aliphatic heterocycles. The topological polar surface area (TPSA) is 58.6 Å². The molecule has 24 heavy (non-hydrogen) atoms. The molecule has 0 aromatic heterocycles. The standard InChI is InChI=1S/C17H14Cl2N2O3/c1-10(24-13-7-11(18)6-12(19)8-13)17(23)21-9-16(22)20-14-4-2-3-5-15(14)21/h2-8,10H,9H2,1H3,(H,20,22)/t10-/m1/s1. The summed E-state index contributed by atoms with van der Waals surface area (Å²) in [6.07, 6.45) is -0.807. The van der Waals surface area contributed by atoms with Crippen LogP contribution in [0.25, 0.3) is 0 Å². The van der Waals surface area contributed by atoms with E-state index in [9.17, 15) is 9.59 Å². The van der Waals surface area contributed by atoms with E-state index in [1.165, 1.54) is 4.90 Å². The van der Waals surface area contributed by atoms with Gasteiger partial charge >= 0.3 is 0 Å². The van der Waals surface area contributed by atoms with Crippen LogP contribution < -0.4 is 15.0 Å². The Kier molecular flexibility index (Phi) is 4.64. The van der Waals surface area contributed by atoms with Gasteiger partial charge < -0.3 is 10.1 Å². The van der Waals surface area contributed by atoms with Crippen molar-refractivity contribution >= 4 is 46.4 Å². The number of hydrogen-bond donors (Lipinski definition) is 1. The molecule has 5 nitrogen and oxygen atoms in total. The van der Waals surface area contributed by atoms with Gasteiger partial charge in [-0.1, -0.05) is 35.3 Å². The average molecular weight is 365 g/mol. The van der Waals surface area contributed by atoms with E-state index in [0.717, 1.165) is 0 Å². The van der Waals surface area contributed by atoms with Gasteiger partial charge in [-0.05, 0) is 37.3 Å². The van der Waals surface area contributed by atoms with E-state index < -0.39 is 6.10 Å². The van der Waals surface area contributed by atoms with Gasteiger partial charge in [0.1, 0.15) is 12.3 Å². The van der Waals surface area contributed by atoms with Crippen molar-refractivity contribution in [2.75, 3.05) is 16.8 Å². The van der Waals surface area contributed by atoms with Gasteiger partial charge in [0.25, 0.3) is 5.91 Å². The highest BCUT2D eigenvalue weighted by Gasteiger charge is 2.30. The smallest absolute Gasteiger partial charge is 0.268 e. The summed E-state index contributed by atoms with van der Waals surface area (Å²) in [4.78, 5) is 26.0. The van der Waals surface area contributed by atoms with Crippen LogP contribution in [0.5, 0.6) is 5.75 Å². The summed E-state index contributed by atoms with van der Waals surface area (Å²) < 4.78 is 5.65. The molecule has 0 spiro atoms. The second-order valence-electron chi connectivity index (χ2n) is 5.35. The molecule has 2 aromatic rings. The van der Waals surface area contributed by atoms with Crippen LogP contribution in [0, 0.1) is 0 Å². The number of nitrogens with zero attached hydrogens (tertiary/aromatic N) is 1. The minimum Gasteiger partial charge on any atom is -0.481 e. The Balaban J connectivity index is 1.82. The molecule has 2 aromatic carbocycles. The quantitative estimate of drug-likeness (QED) is 0.902.